The van der Waals surface area contributed by atoms with Gasteiger partial charge < -0.3 is 10.0 Å². The summed E-state index contributed by atoms with van der Waals surface area (Å²) in [6.07, 6.45) is 1.69. The number of hydrogen-bond acceptors (Lipinski definition) is 4. The summed E-state index contributed by atoms with van der Waals surface area (Å²) in [5.74, 6) is -0.610. The number of likely N-dealkylation sites (tertiary alicyclic amines) is 1. The van der Waals surface area contributed by atoms with Crippen LogP contribution in [0.3, 0.4) is 0 Å². The van der Waals surface area contributed by atoms with E-state index in [-0.39, 0.29) is 47.9 Å². The van der Waals surface area contributed by atoms with Gasteiger partial charge in [0.2, 0.25) is 5.91 Å². The average molecular weight is 416 g/mol. The fourth-order valence-electron chi connectivity index (χ4n) is 4.66. The maximum Gasteiger partial charge on any atom is 0.264 e. The number of anilines is 1. The number of amides is 1. The van der Waals surface area contributed by atoms with Gasteiger partial charge in [-0.25, -0.2) is 12.8 Å². The van der Waals surface area contributed by atoms with Crippen LogP contribution in [0.25, 0.3) is 0 Å². The molecule has 0 bridgehead atoms. The minimum atomic E-state index is -3.93. The second-order valence-electron chi connectivity index (χ2n) is 7.91. The Bertz CT molecular complexity index is 1070. The number of fused-ring (bicyclic) bond motifs is 3. The van der Waals surface area contributed by atoms with Crippen LogP contribution < -0.4 is 4.31 Å². The molecule has 1 saturated carbocycles. The van der Waals surface area contributed by atoms with E-state index in [9.17, 15) is 22.7 Å². The van der Waals surface area contributed by atoms with E-state index in [4.69, 9.17) is 0 Å². The van der Waals surface area contributed by atoms with Crippen LogP contribution in [-0.2, 0) is 14.8 Å². The standard InChI is InChI=1S/C21H21FN2O4S/c22-14-7-9-15(10-8-14)29(27,28)23-11-18-20(16-3-1-2-4-17(16)23)19(12-25)24(18)21(26)13-5-6-13/h1-4,7-10,13,18-20,25H,5-6,11-12H2/t18-,19-,20+/m1/s1. The number of aliphatic hydroxyl groups excluding tert-OH is 1. The number of nitrogens with zero attached hydrogens (tertiary/aromatic N) is 2. The number of hydrogen-bond donors (Lipinski definition) is 1. The van der Waals surface area contributed by atoms with Crippen molar-refractivity contribution in [1.82, 2.24) is 4.90 Å². The lowest BCUT2D eigenvalue weighted by Gasteiger charge is -2.59. The Hall–Kier alpha value is -2.45. The Morgan fingerprint density at radius 1 is 1.10 bits per heavy atom. The molecule has 3 atom stereocenters. The molecule has 1 aliphatic carbocycles. The minimum absolute atomic E-state index is 0.00353. The van der Waals surface area contributed by atoms with Gasteiger partial charge in [0.15, 0.2) is 0 Å². The lowest BCUT2D eigenvalue weighted by atomic mass is 9.72. The van der Waals surface area contributed by atoms with Gasteiger partial charge in [-0.2, -0.15) is 0 Å². The number of carbonyl (C=O) groups is 1. The van der Waals surface area contributed by atoms with Crippen LogP contribution in [0.5, 0.6) is 0 Å². The van der Waals surface area contributed by atoms with Crippen molar-refractivity contribution < 1.29 is 22.7 Å². The van der Waals surface area contributed by atoms with E-state index in [1.807, 2.05) is 12.1 Å². The molecule has 5 rings (SSSR count). The molecule has 2 aromatic rings. The molecule has 8 heteroatoms. The molecule has 2 fully saturated rings. The summed E-state index contributed by atoms with van der Waals surface area (Å²) in [4.78, 5) is 14.5. The number of para-hydroxylation sites is 1. The van der Waals surface area contributed by atoms with Gasteiger partial charge in [0, 0.05) is 11.8 Å². The first kappa shape index (κ1) is 18.6. The van der Waals surface area contributed by atoms with Crippen LogP contribution in [0.1, 0.15) is 24.3 Å². The molecule has 0 radical (unpaired) electrons. The number of sulfonamides is 1. The van der Waals surface area contributed by atoms with Crippen LogP contribution in [-0.4, -0.2) is 49.6 Å². The molecule has 29 heavy (non-hydrogen) atoms. The van der Waals surface area contributed by atoms with Gasteiger partial charge in [0.1, 0.15) is 5.82 Å². The topological polar surface area (TPSA) is 77.9 Å². The molecule has 1 saturated heterocycles. The van der Waals surface area contributed by atoms with Crippen molar-refractivity contribution in [3.05, 3.63) is 59.9 Å². The first-order valence-corrected chi connectivity index (χ1v) is 11.2. The molecular weight excluding hydrogens is 395 g/mol. The molecule has 1 N–H and O–H groups in total. The fourth-order valence-corrected chi connectivity index (χ4v) is 6.17. The lowest BCUT2D eigenvalue weighted by molar-refractivity contribution is -0.151. The van der Waals surface area contributed by atoms with Crippen molar-refractivity contribution in [3.63, 3.8) is 0 Å². The van der Waals surface area contributed by atoms with Crippen molar-refractivity contribution in [2.45, 2.75) is 35.7 Å². The third-order valence-corrected chi connectivity index (χ3v) is 8.02. The van der Waals surface area contributed by atoms with E-state index in [1.54, 1.807) is 17.0 Å². The Kier molecular flexibility index (Phi) is 4.18. The van der Waals surface area contributed by atoms with E-state index in [2.05, 4.69) is 0 Å². The maximum atomic E-state index is 13.4. The summed E-state index contributed by atoms with van der Waals surface area (Å²) in [6.45, 7) is -0.0327. The van der Waals surface area contributed by atoms with Gasteiger partial charge in [0.25, 0.3) is 10.0 Å². The van der Waals surface area contributed by atoms with Crippen LogP contribution in [0.4, 0.5) is 10.1 Å². The highest BCUT2D eigenvalue weighted by atomic mass is 32.2. The molecule has 3 aliphatic rings. The Balaban J connectivity index is 1.57. The van der Waals surface area contributed by atoms with Crippen molar-refractivity contribution in [2.75, 3.05) is 17.5 Å². The van der Waals surface area contributed by atoms with Crippen LogP contribution in [0, 0.1) is 11.7 Å². The van der Waals surface area contributed by atoms with Crippen molar-refractivity contribution in [2.24, 2.45) is 5.92 Å². The smallest absolute Gasteiger partial charge is 0.264 e. The summed E-state index contributed by atoms with van der Waals surface area (Å²) in [7, 11) is -3.93. The van der Waals surface area contributed by atoms with E-state index < -0.39 is 15.8 Å². The number of carbonyl (C=O) groups excluding carboxylic acids is 1. The van der Waals surface area contributed by atoms with Crippen molar-refractivity contribution in [3.8, 4) is 0 Å². The maximum absolute atomic E-state index is 13.4. The largest absolute Gasteiger partial charge is 0.394 e. The summed E-state index contributed by atoms with van der Waals surface area (Å²) >= 11 is 0. The zero-order valence-corrected chi connectivity index (χ0v) is 16.4. The predicted octanol–water partition coefficient (Wildman–Crippen LogP) is 2.10. The summed E-state index contributed by atoms with van der Waals surface area (Å²) < 4.78 is 41.3. The molecule has 152 valence electrons. The second-order valence-corrected chi connectivity index (χ2v) is 9.77. The number of benzene rings is 2. The Morgan fingerprint density at radius 3 is 2.45 bits per heavy atom. The van der Waals surface area contributed by atoms with Gasteiger partial charge in [0.05, 0.1) is 35.8 Å². The van der Waals surface area contributed by atoms with Gasteiger partial charge >= 0.3 is 0 Å². The monoisotopic (exact) mass is 416 g/mol. The van der Waals surface area contributed by atoms with E-state index >= 15 is 0 Å². The van der Waals surface area contributed by atoms with Gasteiger partial charge in [-0.15, -0.1) is 0 Å². The highest BCUT2D eigenvalue weighted by Crippen LogP contribution is 2.51. The minimum Gasteiger partial charge on any atom is -0.394 e. The number of aliphatic hydroxyl groups is 1. The third kappa shape index (κ3) is 2.77. The first-order chi connectivity index (χ1) is 13.9. The predicted molar refractivity (Wildman–Crippen MR) is 104 cm³/mol. The molecule has 0 spiro atoms. The van der Waals surface area contributed by atoms with Crippen molar-refractivity contribution >= 4 is 21.6 Å². The molecule has 2 aromatic carbocycles. The Labute approximate surface area is 168 Å². The van der Waals surface area contributed by atoms with E-state index in [0.29, 0.717) is 5.69 Å². The fraction of sp³-hybridized carbons (Fsp3) is 0.381. The average Bonchev–Trinajstić information content (AvgIpc) is 3.54. The van der Waals surface area contributed by atoms with Crippen LogP contribution in [0.15, 0.2) is 53.4 Å². The highest BCUT2D eigenvalue weighted by Gasteiger charge is 2.57. The number of rotatable bonds is 4. The summed E-state index contributed by atoms with van der Waals surface area (Å²) in [5, 5.41) is 9.94. The summed E-state index contributed by atoms with van der Waals surface area (Å²) in [6, 6.07) is 11.3. The molecule has 2 aliphatic heterocycles. The number of halogens is 1. The van der Waals surface area contributed by atoms with Gasteiger partial charge in [-0.05, 0) is 48.7 Å². The highest BCUT2D eigenvalue weighted by molar-refractivity contribution is 7.92. The van der Waals surface area contributed by atoms with E-state index in [1.165, 1.54) is 16.4 Å². The van der Waals surface area contributed by atoms with E-state index in [0.717, 1.165) is 30.5 Å². The second kappa shape index (κ2) is 6.53. The molecule has 0 unspecified atom stereocenters. The first-order valence-electron chi connectivity index (χ1n) is 9.73. The normalized spacial score (nSPS) is 25.8. The molecule has 0 aromatic heterocycles. The quantitative estimate of drug-likeness (QED) is 0.828. The summed E-state index contributed by atoms with van der Waals surface area (Å²) in [5.41, 5.74) is 1.36. The molecule has 2 heterocycles. The lowest BCUT2D eigenvalue weighted by Crippen LogP contribution is -2.71. The third-order valence-electron chi connectivity index (χ3n) is 6.23. The zero-order chi connectivity index (χ0) is 20.3. The molecule has 6 nitrogen and oxygen atoms in total. The SMILES string of the molecule is O=C(C1CC1)N1[C@H](CO)[C@H]2c3ccccc3N(S(=O)(=O)c3ccc(F)cc3)C[C@H]21. The van der Waals surface area contributed by atoms with Crippen LogP contribution in [0.2, 0.25) is 0 Å². The van der Waals surface area contributed by atoms with Crippen LogP contribution >= 0.6 is 0 Å². The Morgan fingerprint density at radius 2 is 1.79 bits per heavy atom. The van der Waals surface area contributed by atoms with Crippen molar-refractivity contribution in [1.29, 1.82) is 0 Å². The molecule has 1 amide bonds. The van der Waals surface area contributed by atoms with Gasteiger partial charge in [-0.3, -0.25) is 9.10 Å². The molecular formula is C21H21FN2O4S. The van der Waals surface area contributed by atoms with Gasteiger partial charge in [-0.1, -0.05) is 18.2 Å². The zero-order valence-electron chi connectivity index (χ0n) is 15.6.